The first-order valence-corrected chi connectivity index (χ1v) is 9.24. The molecule has 0 aromatic heterocycles. The van der Waals surface area contributed by atoms with Crippen LogP contribution < -0.4 is 5.32 Å². The fourth-order valence-corrected chi connectivity index (χ4v) is 3.09. The van der Waals surface area contributed by atoms with Crippen molar-refractivity contribution in [2.45, 2.75) is 18.4 Å². The van der Waals surface area contributed by atoms with E-state index < -0.39 is 11.6 Å². The Kier molecular flexibility index (Phi) is 7.72. The van der Waals surface area contributed by atoms with E-state index >= 15 is 0 Å². The van der Waals surface area contributed by atoms with Gasteiger partial charge in [-0.1, -0.05) is 12.1 Å². The quantitative estimate of drug-likeness (QED) is 0.696. The molecule has 8 heteroatoms. The number of hydrogen-bond donors (Lipinski definition) is 1. The number of benzene rings is 2. The highest BCUT2D eigenvalue weighted by molar-refractivity contribution is 8.00. The average molecular weight is 396 g/mol. The molecule has 2 aromatic rings. The second-order valence-electron chi connectivity index (χ2n) is 5.67. The van der Waals surface area contributed by atoms with E-state index in [1.165, 1.54) is 17.0 Å². The van der Waals surface area contributed by atoms with Gasteiger partial charge in [0.05, 0.1) is 12.3 Å². The van der Waals surface area contributed by atoms with Crippen LogP contribution in [0.15, 0.2) is 47.4 Å². The number of rotatable bonds is 8. The van der Waals surface area contributed by atoms with Gasteiger partial charge >= 0.3 is 0 Å². The van der Waals surface area contributed by atoms with E-state index in [4.69, 9.17) is 0 Å². The molecule has 144 valence electrons. The highest BCUT2D eigenvalue weighted by Crippen LogP contribution is 2.22. The molecular weight excluding hydrogens is 377 g/mol. The van der Waals surface area contributed by atoms with Crippen LogP contribution in [-0.4, -0.2) is 35.6 Å². The highest BCUT2D eigenvalue weighted by atomic mass is 32.2. The first kappa shape index (κ1) is 20.8. The van der Waals surface area contributed by atoms with Crippen molar-refractivity contribution in [3.63, 3.8) is 0 Å². The lowest BCUT2D eigenvalue weighted by molar-refractivity contribution is -0.133. The first-order chi connectivity index (χ1) is 12.9. The number of hydrogen-bond acceptors (Lipinski definition) is 3. The molecule has 0 spiro atoms. The molecule has 2 rings (SSSR count). The number of carbonyl (C=O) groups is 2. The molecule has 0 fully saturated rings. The normalized spacial score (nSPS) is 10.5. The van der Waals surface area contributed by atoms with Gasteiger partial charge in [-0.05, 0) is 42.8 Å². The van der Waals surface area contributed by atoms with E-state index in [-0.39, 0.29) is 41.4 Å². The fraction of sp³-hybridized carbons (Fsp3) is 0.263. The summed E-state index contributed by atoms with van der Waals surface area (Å²) in [5, 5.41) is 2.66. The summed E-state index contributed by atoms with van der Waals surface area (Å²) in [6.45, 7) is 2.09. The van der Waals surface area contributed by atoms with Gasteiger partial charge in [-0.3, -0.25) is 9.59 Å². The van der Waals surface area contributed by atoms with Crippen molar-refractivity contribution in [1.29, 1.82) is 0 Å². The molecule has 1 N–H and O–H groups in total. The van der Waals surface area contributed by atoms with Gasteiger partial charge < -0.3 is 10.2 Å². The van der Waals surface area contributed by atoms with E-state index in [1.54, 1.807) is 19.1 Å². The average Bonchev–Trinajstić information content (AvgIpc) is 2.66. The van der Waals surface area contributed by atoms with Crippen LogP contribution in [0.5, 0.6) is 0 Å². The SMILES string of the molecule is CCN(CC(=O)NCc1ccc(F)cc1)C(=O)CSc1cc(F)ccc1F. The lowest BCUT2D eigenvalue weighted by Crippen LogP contribution is -2.41. The second-order valence-corrected chi connectivity index (χ2v) is 6.69. The molecule has 0 atom stereocenters. The zero-order valence-corrected chi connectivity index (χ0v) is 15.5. The molecule has 0 bridgehead atoms. The molecule has 0 aliphatic rings. The monoisotopic (exact) mass is 396 g/mol. The van der Waals surface area contributed by atoms with Crippen molar-refractivity contribution in [2.75, 3.05) is 18.8 Å². The Labute approximate surface area is 159 Å². The van der Waals surface area contributed by atoms with Gasteiger partial charge in [0.15, 0.2) is 0 Å². The molecule has 0 aliphatic carbocycles. The number of carbonyl (C=O) groups excluding carboxylic acids is 2. The van der Waals surface area contributed by atoms with Gasteiger partial charge in [0.2, 0.25) is 11.8 Å². The summed E-state index contributed by atoms with van der Waals surface area (Å²) in [4.78, 5) is 25.7. The van der Waals surface area contributed by atoms with Crippen LogP contribution >= 0.6 is 11.8 Å². The Hall–Kier alpha value is -2.48. The van der Waals surface area contributed by atoms with Gasteiger partial charge in [0, 0.05) is 18.0 Å². The third-order valence-corrected chi connectivity index (χ3v) is 4.73. The topological polar surface area (TPSA) is 49.4 Å². The highest BCUT2D eigenvalue weighted by Gasteiger charge is 2.17. The maximum atomic E-state index is 13.6. The molecule has 27 heavy (non-hydrogen) atoms. The van der Waals surface area contributed by atoms with E-state index in [0.717, 1.165) is 35.5 Å². The molecule has 0 unspecified atom stereocenters. The summed E-state index contributed by atoms with van der Waals surface area (Å²) in [7, 11) is 0. The number of halogens is 3. The molecule has 2 aromatic carbocycles. The van der Waals surface area contributed by atoms with Crippen molar-refractivity contribution >= 4 is 23.6 Å². The van der Waals surface area contributed by atoms with Crippen molar-refractivity contribution in [3.05, 3.63) is 65.5 Å². The molecule has 0 aliphatic heterocycles. The summed E-state index contributed by atoms with van der Waals surface area (Å²) in [5.41, 5.74) is 0.733. The minimum Gasteiger partial charge on any atom is -0.350 e. The van der Waals surface area contributed by atoms with Gasteiger partial charge in [-0.15, -0.1) is 11.8 Å². The Bertz CT molecular complexity index is 800. The fourth-order valence-electron chi connectivity index (χ4n) is 2.23. The summed E-state index contributed by atoms with van der Waals surface area (Å²) in [6.07, 6.45) is 0. The Balaban J connectivity index is 1.83. The summed E-state index contributed by atoms with van der Waals surface area (Å²) in [5.74, 6) is -2.38. The van der Waals surface area contributed by atoms with Gasteiger partial charge in [0.25, 0.3) is 0 Å². The summed E-state index contributed by atoms with van der Waals surface area (Å²) < 4.78 is 39.6. The Morgan fingerprint density at radius 2 is 1.70 bits per heavy atom. The van der Waals surface area contributed by atoms with Gasteiger partial charge in [0.1, 0.15) is 17.5 Å². The van der Waals surface area contributed by atoms with E-state index in [0.29, 0.717) is 6.54 Å². The lowest BCUT2D eigenvalue weighted by Gasteiger charge is -2.20. The van der Waals surface area contributed by atoms with Crippen LogP contribution in [0.2, 0.25) is 0 Å². The van der Waals surface area contributed by atoms with E-state index in [9.17, 15) is 22.8 Å². The number of thioether (sulfide) groups is 1. The van der Waals surface area contributed by atoms with E-state index in [1.807, 2.05) is 0 Å². The van der Waals surface area contributed by atoms with Gasteiger partial charge in [-0.25, -0.2) is 13.2 Å². The predicted octanol–water partition coefficient (Wildman–Crippen LogP) is 3.36. The van der Waals surface area contributed by atoms with Crippen molar-refractivity contribution in [1.82, 2.24) is 10.2 Å². The van der Waals surface area contributed by atoms with Crippen molar-refractivity contribution in [3.8, 4) is 0 Å². The van der Waals surface area contributed by atoms with Crippen LogP contribution in [0.1, 0.15) is 12.5 Å². The first-order valence-electron chi connectivity index (χ1n) is 8.25. The Morgan fingerprint density at radius 1 is 1.04 bits per heavy atom. The maximum Gasteiger partial charge on any atom is 0.239 e. The van der Waals surface area contributed by atoms with Crippen LogP contribution in [0.3, 0.4) is 0 Å². The standard InChI is InChI=1S/C19H19F3N2O2S/c1-2-24(11-18(25)23-10-13-3-5-14(20)6-4-13)19(26)12-27-17-9-15(21)7-8-16(17)22/h3-9H,2,10-12H2,1H3,(H,23,25). The van der Waals surface area contributed by atoms with Crippen molar-refractivity contribution in [2.24, 2.45) is 0 Å². The zero-order valence-electron chi connectivity index (χ0n) is 14.7. The second kappa shape index (κ2) is 10.0. The van der Waals surface area contributed by atoms with Crippen LogP contribution in [0.4, 0.5) is 13.2 Å². The maximum absolute atomic E-state index is 13.6. The predicted molar refractivity (Wildman–Crippen MR) is 97.6 cm³/mol. The number of nitrogens with zero attached hydrogens (tertiary/aromatic N) is 1. The number of amides is 2. The number of likely N-dealkylation sites (N-methyl/N-ethyl adjacent to an activating group) is 1. The molecule has 2 amide bonds. The summed E-state index contributed by atoms with van der Waals surface area (Å²) >= 11 is 0.878. The molecule has 0 saturated carbocycles. The molecule has 0 heterocycles. The molecular formula is C19H19F3N2O2S. The van der Waals surface area contributed by atoms with Crippen molar-refractivity contribution < 1.29 is 22.8 Å². The lowest BCUT2D eigenvalue weighted by atomic mass is 10.2. The number of nitrogens with one attached hydrogen (secondary N) is 1. The van der Waals surface area contributed by atoms with Gasteiger partial charge in [-0.2, -0.15) is 0 Å². The minimum atomic E-state index is -0.603. The minimum absolute atomic E-state index is 0.0418. The molecule has 0 radical (unpaired) electrons. The smallest absolute Gasteiger partial charge is 0.239 e. The van der Waals surface area contributed by atoms with Crippen LogP contribution in [0.25, 0.3) is 0 Å². The largest absolute Gasteiger partial charge is 0.350 e. The third-order valence-electron chi connectivity index (χ3n) is 3.72. The summed E-state index contributed by atoms with van der Waals surface area (Å²) in [6, 6.07) is 8.75. The Morgan fingerprint density at radius 3 is 2.37 bits per heavy atom. The molecule has 4 nitrogen and oxygen atoms in total. The van der Waals surface area contributed by atoms with E-state index in [2.05, 4.69) is 5.32 Å². The third kappa shape index (κ3) is 6.63. The zero-order chi connectivity index (χ0) is 19.8. The van der Waals surface area contributed by atoms with Crippen LogP contribution in [0, 0.1) is 17.5 Å². The van der Waals surface area contributed by atoms with Crippen LogP contribution in [-0.2, 0) is 16.1 Å². The molecule has 0 saturated heterocycles.